The molecule has 0 spiro atoms. The maximum Gasteiger partial charge on any atom is 0.322 e. The minimum atomic E-state index is 0.0549. The maximum atomic E-state index is 12.6. The van der Waals surface area contributed by atoms with Crippen LogP contribution in [0.15, 0.2) is 30.5 Å². The molecule has 5 nitrogen and oxygen atoms in total. The van der Waals surface area contributed by atoms with E-state index >= 15 is 0 Å². The Morgan fingerprint density at radius 1 is 1.12 bits per heavy atom. The van der Waals surface area contributed by atoms with Gasteiger partial charge in [-0.25, -0.2) is 4.79 Å². The molecule has 2 amide bonds. The highest BCUT2D eigenvalue weighted by atomic mass is 16.2. The first-order chi connectivity index (χ1) is 12.2. The molecule has 3 fully saturated rings. The molecule has 1 N–H and O–H groups in total. The number of piperidine rings is 1. The summed E-state index contributed by atoms with van der Waals surface area (Å²) in [5.74, 6) is 0. The van der Waals surface area contributed by atoms with E-state index in [-0.39, 0.29) is 6.03 Å². The summed E-state index contributed by atoms with van der Waals surface area (Å²) in [6, 6.07) is 9.74. The minimum absolute atomic E-state index is 0.0549. The van der Waals surface area contributed by atoms with Crippen molar-refractivity contribution >= 4 is 11.7 Å². The molecule has 1 aromatic heterocycles. The Kier molecular flexibility index (Phi) is 3.37. The van der Waals surface area contributed by atoms with Gasteiger partial charge in [0, 0.05) is 29.5 Å². The molecule has 2 bridgehead atoms. The number of anilines is 1. The number of rotatable bonds is 3. The van der Waals surface area contributed by atoms with Gasteiger partial charge in [-0.15, -0.1) is 0 Å². The summed E-state index contributed by atoms with van der Waals surface area (Å²) in [4.78, 5) is 14.7. The van der Waals surface area contributed by atoms with E-state index in [1.165, 1.54) is 31.2 Å². The van der Waals surface area contributed by atoms with Crippen molar-refractivity contribution < 1.29 is 4.79 Å². The van der Waals surface area contributed by atoms with Gasteiger partial charge in [-0.05, 0) is 69.2 Å². The Balaban J connectivity index is 1.36. The molecule has 1 saturated carbocycles. The fourth-order valence-corrected chi connectivity index (χ4v) is 4.32. The minimum Gasteiger partial charge on any atom is -0.318 e. The summed E-state index contributed by atoms with van der Waals surface area (Å²) in [5, 5.41) is 7.83. The Hall–Kier alpha value is -2.30. The summed E-state index contributed by atoms with van der Waals surface area (Å²) < 4.78 is 2.07. The van der Waals surface area contributed by atoms with E-state index in [1.807, 2.05) is 11.0 Å². The number of carbonyl (C=O) groups excluding carboxylic acids is 1. The van der Waals surface area contributed by atoms with Crippen LogP contribution in [0, 0.1) is 6.92 Å². The molecule has 1 aromatic carbocycles. The van der Waals surface area contributed by atoms with Gasteiger partial charge in [-0.2, -0.15) is 5.10 Å². The van der Waals surface area contributed by atoms with Crippen LogP contribution in [0.1, 0.15) is 50.1 Å². The summed E-state index contributed by atoms with van der Waals surface area (Å²) in [6.07, 6.45) is 9.29. The highest BCUT2D eigenvalue weighted by Gasteiger charge is 2.44. The van der Waals surface area contributed by atoms with Gasteiger partial charge < -0.3 is 10.2 Å². The molecule has 2 aromatic rings. The molecular formula is C20H24N4O. The molecule has 3 heterocycles. The maximum absolute atomic E-state index is 12.6. The number of fused-ring (bicyclic) bond motifs is 2. The van der Waals surface area contributed by atoms with E-state index in [2.05, 4.69) is 41.3 Å². The number of aromatic nitrogens is 2. The van der Waals surface area contributed by atoms with Crippen LogP contribution in [-0.4, -0.2) is 32.8 Å². The van der Waals surface area contributed by atoms with Gasteiger partial charge in [0.05, 0.1) is 11.7 Å². The Bertz CT molecular complexity index is 809. The SMILES string of the molecule is Cc1ccc(NC(=O)N2C3CCCC2C3)cc1-c1ccn(C2CC2)n1. The van der Waals surface area contributed by atoms with Crippen molar-refractivity contribution in [1.82, 2.24) is 14.7 Å². The zero-order valence-electron chi connectivity index (χ0n) is 14.6. The van der Waals surface area contributed by atoms with E-state index in [0.717, 1.165) is 29.8 Å². The van der Waals surface area contributed by atoms with Gasteiger partial charge in [0.2, 0.25) is 0 Å². The second kappa shape index (κ2) is 5.61. The molecule has 2 unspecified atom stereocenters. The van der Waals surface area contributed by atoms with E-state index in [9.17, 15) is 4.79 Å². The fourth-order valence-electron chi connectivity index (χ4n) is 4.32. The van der Waals surface area contributed by atoms with E-state index < -0.39 is 0 Å². The van der Waals surface area contributed by atoms with Crippen LogP contribution in [0.5, 0.6) is 0 Å². The van der Waals surface area contributed by atoms with Crippen LogP contribution in [0.2, 0.25) is 0 Å². The van der Waals surface area contributed by atoms with Crippen LogP contribution < -0.4 is 5.32 Å². The number of nitrogens with zero attached hydrogens (tertiary/aromatic N) is 3. The summed E-state index contributed by atoms with van der Waals surface area (Å²) in [7, 11) is 0. The number of amides is 2. The van der Waals surface area contributed by atoms with Gasteiger partial charge in [-0.1, -0.05) is 6.07 Å². The second-order valence-corrected chi connectivity index (χ2v) is 7.75. The fraction of sp³-hybridized carbons (Fsp3) is 0.500. The number of aryl methyl sites for hydroxylation is 1. The summed E-state index contributed by atoms with van der Waals surface area (Å²) in [6.45, 7) is 2.09. The second-order valence-electron chi connectivity index (χ2n) is 7.75. The molecule has 2 aliphatic heterocycles. The third-order valence-electron chi connectivity index (χ3n) is 5.93. The van der Waals surface area contributed by atoms with Gasteiger partial charge in [0.25, 0.3) is 0 Å². The average molecular weight is 336 g/mol. The van der Waals surface area contributed by atoms with Crippen molar-refractivity contribution in [1.29, 1.82) is 0 Å². The lowest BCUT2D eigenvalue weighted by Gasteiger charge is -2.52. The van der Waals surface area contributed by atoms with Gasteiger partial charge >= 0.3 is 6.03 Å². The first-order valence-corrected chi connectivity index (χ1v) is 9.44. The van der Waals surface area contributed by atoms with Crippen LogP contribution in [0.25, 0.3) is 11.3 Å². The van der Waals surface area contributed by atoms with Crippen LogP contribution in [-0.2, 0) is 0 Å². The molecule has 5 heteroatoms. The smallest absolute Gasteiger partial charge is 0.318 e. The summed E-state index contributed by atoms with van der Waals surface area (Å²) in [5.41, 5.74) is 4.12. The lowest BCUT2D eigenvalue weighted by molar-refractivity contribution is 0.0173. The molecular weight excluding hydrogens is 312 g/mol. The normalized spacial score (nSPS) is 24.8. The van der Waals surface area contributed by atoms with Crippen LogP contribution in [0.4, 0.5) is 10.5 Å². The number of hydrogen-bond acceptors (Lipinski definition) is 2. The molecule has 0 radical (unpaired) electrons. The largest absolute Gasteiger partial charge is 0.322 e. The standard InChI is InChI=1S/C20H24N4O/c1-13-5-6-14(21-20(25)24-16-3-2-4-17(24)12-16)11-18(13)19-9-10-23(22-19)15-7-8-15/h5-6,9-11,15-17H,2-4,7-8,12H2,1H3,(H,21,25). The summed E-state index contributed by atoms with van der Waals surface area (Å²) >= 11 is 0. The Morgan fingerprint density at radius 3 is 2.64 bits per heavy atom. The number of benzene rings is 1. The zero-order valence-corrected chi connectivity index (χ0v) is 14.6. The quantitative estimate of drug-likeness (QED) is 0.906. The first kappa shape index (κ1) is 15.0. The molecule has 2 atom stereocenters. The van der Waals surface area contributed by atoms with Crippen molar-refractivity contribution in [2.45, 2.75) is 63.6 Å². The van der Waals surface area contributed by atoms with Gasteiger partial charge in [0.1, 0.15) is 0 Å². The molecule has 2 saturated heterocycles. The van der Waals surface area contributed by atoms with Crippen molar-refractivity contribution in [2.75, 3.05) is 5.32 Å². The highest BCUT2D eigenvalue weighted by molar-refractivity contribution is 5.91. The topological polar surface area (TPSA) is 50.2 Å². The third-order valence-corrected chi connectivity index (χ3v) is 5.93. The van der Waals surface area contributed by atoms with Gasteiger partial charge in [0.15, 0.2) is 0 Å². The Labute approximate surface area is 148 Å². The lowest BCUT2D eigenvalue weighted by atomic mass is 9.80. The molecule has 25 heavy (non-hydrogen) atoms. The number of urea groups is 1. The molecule has 1 aliphatic carbocycles. The van der Waals surface area contributed by atoms with Crippen molar-refractivity contribution in [3.05, 3.63) is 36.0 Å². The van der Waals surface area contributed by atoms with Gasteiger partial charge in [-0.3, -0.25) is 4.68 Å². The number of nitrogens with one attached hydrogen (secondary N) is 1. The van der Waals surface area contributed by atoms with Crippen molar-refractivity contribution in [3.8, 4) is 11.3 Å². The van der Waals surface area contributed by atoms with E-state index in [0.29, 0.717) is 18.1 Å². The van der Waals surface area contributed by atoms with Crippen molar-refractivity contribution in [3.63, 3.8) is 0 Å². The van der Waals surface area contributed by atoms with Crippen LogP contribution in [0.3, 0.4) is 0 Å². The van der Waals surface area contributed by atoms with Crippen molar-refractivity contribution in [2.24, 2.45) is 0 Å². The first-order valence-electron chi connectivity index (χ1n) is 9.44. The van der Waals surface area contributed by atoms with Crippen LogP contribution >= 0.6 is 0 Å². The average Bonchev–Trinajstić information content (AvgIpc) is 3.34. The predicted molar refractivity (Wildman–Crippen MR) is 97.6 cm³/mol. The van der Waals surface area contributed by atoms with E-state index in [1.54, 1.807) is 0 Å². The lowest BCUT2D eigenvalue weighted by Crippen LogP contribution is -2.62. The number of hydrogen-bond donors (Lipinski definition) is 1. The highest BCUT2D eigenvalue weighted by Crippen LogP contribution is 2.39. The predicted octanol–water partition coefficient (Wildman–Crippen LogP) is 4.35. The monoisotopic (exact) mass is 336 g/mol. The Morgan fingerprint density at radius 2 is 1.92 bits per heavy atom. The molecule has 130 valence electrons. The number of carbonyl (C=O) groups is 1. The molecule has 3 aliphatic rings. The zero-order chi connectivity index (χ0) is 17.0. The molecule has 5 rings (SSSR count). The third kappa shape index (κ3) is 2.62. The van der Waals surface area contributed by atoms with E-state index in [4.69, 9.17) is 5.10 Å².